The van der Waals surface area contributed by atoms with Gasteiger partial charge in [-0.15, -0.1) is 0 Å². The van der Waals surface area contributed by atoms with Gasteiger partial charge in [-0.25, -0.2) is 4.79 Å². The Kier molecular flexibility index (Phi) is 11.8. The normalized spacial score (nSPS) is 34.7. The highest BCUT2D eigenvalue weighted by atomic mass is 127. The molecule has 55 heavy (non-hydrogen) atoms. The van der Waals surface area contributed by atoms with Crippen molar-refractivity contribution >= 4 is 69.5 Å². The number of benzene rings is 1. The van der Waals surface area contributed by atoms with E-state index in [-0.39, 0.29) is 46.9 Å². The Morgan fingerprint density at radius 2 is 1.80 bits per heavy atom. The largest absolute Gasteiger partial charge is 0.444 e. The van der Waals surface area contributed by atoms with Crippen LogP contribution in [0.3, 0.4) is 0 Å². The third-order valence-corrected chi connectivity index (χ3v) is 13.7. The van der Waals surface area contributed by atoms with E-state index in [2.05, 4.69) is 29.8 Å². The summed E-state index contributed by atoms with van der Waals surface area (Å²) in [6.45, 7) is 14.5. The maximum absolute atomic E-state index is 14.0. The van der Waals surface area contributed by atoms with Crippen molar-refractivity contribution in [2.45, 2.75) is 123 Å². The minimum Gasteiger partial charge on any atom is -0.444 e. The van der Waals surface area contributed by atoms with Crippen molar-refractivity contribution in [1.82, 2.24) is 10.6 Å². The monoisotopic (exact) mass is 891 g/mol. The van der Waals surface area contributed by atoms with Gasteiger partial charge in [-0.1, -0.05) is 63.7 Å². The number of carbonyl (C=O) groups is 4. The molecule has 0 aromatic heterocycles. The van der Waals surface area contributed by atoms with Crippen LogP contribution in [-0.4, -0.2) is 75.8 Å². The molecular weight excluding hydrogens is 837 g/mol. The standard InChI is InChI=1S/C41H54IN3O9S/c1-21(2)33(45-37(50)53-38(4,5)6)35(55)43-22(3)34(49)44-25-12-9-23(10-13-25)36-51-31-18-28-27-14-11-24-17-26(47)15-16-39(24,7)32(27)29(54-42)19-40(28,8)41(31,52-36)30(48)20-46/h9-10,12-13,15-17,21-22,27-29,31-33,36,46H,11,14,18-20H2,1-8H3,(H,43,55)(H,44,49)(H,45,50)/t22-,27-,28?,29-,31+,32?,33-,36+,39-,40-,41+/m0/s1. The number of hydrogen-bond acceptors (Lipinski definition) is 10. The predicted molar refractivity (Wildman–Crippen MR) is 218 cm³/mol. The highest BCUT2D eigenvalue weighted by Gasteiger charge is 2.76. The van der Waals surface area contributed by atoms with Gasteiger partial charge in [0.15, 0.2) is 23.5 Å². The van der Waals surface area contributed by atoms with E-state index >= 15 is 0 Å². The summed E-state index contributed by atoms with van der Waals surface area (Å²) in [6, 6.07) is 5.81. The number of aliphatic hydroxyl groups is 1. The first-order chi connectivity index (χ1) is 25.8. The summed E-state index contributed by atoms with van der Waals surface area (Å²) in [5, 5.41) is 19.1. The molecule has 2 amide bonds. The average molecular weight is 892 g/mol. The van der Waals surface area contributed by atoms with Gasteiger partial charge in [0, 0.05) is 28.0 Å². The van der Waals surface area contributed by atoms with Gasteiger partial charge >= 0.3 is 6.09 Å². The molecule has 4 fully saturated rings. The number of fused-ring (bicyclic) bond motifs is 7. The van der Waals surface area contributed by atoms with Crippen molar-refractivity contribution in [2.24, 2.45) is 34.5 Å². The molecule has 1 saturated heterocycles. The van der Waals surface area contributed by atoms with Gasteiger partial charge < -0.3 is 38.3 Å². The maximum atomic E-state index is 14.0. The fourth-order valence-corrected chi connectivity index (χ4v) is 11.2. The number of alkyl carbamates (subject to hydrolysis) is 1. The van der Waals surface area contributed by atoms with E-state index in [1.165, 1.54) is 0 Å². The van der Waals surface area contributed by atoms with Gasteiger partial charge in [0.05, 0.1) is 23.2 Å². The fraction of sp³-hybridized carbons (Fsp3) is 0.634. The molecule has 1 heterocycles. The fourth-order valence-electron chi connectivity index (χ4n) is 10.2. The number of ether oxygens (including phenoxy) is 3. The van der Waals surface area contributed by atoms with Gasteiger partial charge in [-0.3, -0.25) is 14.4 Å². The lowest BCUT2D eigenvalue weighted by atomic mass is 9.46. The number of amides is 2. The number of aliphatic hydroxyl groups excluding tert-OH is 1. The Morgan fingerprint density at radius 3 is 2.42 bits per heavy atom. The summed E-state index contributed by atoms with van der Waals surface area (Å²) in [4.78, 5) is 52.3. The van der Waals surface area contributed by atoms with Crippen molar-refractivity contribution < 1.29 is 41.6 Å². The number of halogens is 1. The third kappa shape index (κ3) is 7.55. The Balaban J connectivity index is 1.14. The molecule has 14 heteroatoms. The molecule has 2 unspecified atom stereocenters. The molecular formula is C41H54IN3O9S. The molecule has 1 aliphatic heterocycles. The maximum Gasteiger partial charge on any atom is 0.408 e. The van der Waals surface area contributed by atoms with Crippen LogP contribution >= 0.6 is 35.2 Å². The lowest BCUT2D eigenvalue weighted by Crippen LogP contribution is -2.63. The van der Waals surface area contributed by atoms with Crippen LogP contribution in [0.5, 0.6) is 0 Å². The van der Waals surface area contributed by atoms with Crippen LogP contribution in [0, 0.1) is 34.5 Å². The highest BCUT2D eigenvalue weighted by molar-refractivity contribution is 14.1. The van der Waals surface area contributed by atoms with Crippen LogP contribution in [-0.2, 0) is 31.7 Å². The van der Waals surface area contributed by atoms with E-state index in [4.69, 9.17) is 29.5 Å². The molecule has 4 aliphatic carbocycles. The predicted octanol–water partition coefficient (Wildman–Crippen LogP) is 6.46. The lowest BCUT2D eigenvalue weighted by molar-refractivity contribution is -0.196. The number of ketones is 2. The van der Waals surface area contributed by atoms with Crippen molar-refractivity contribution in [1.29, 1.82) is 0 Å². The molecule has 300 valence electrons. The number of carbonyl (C=O) groups excluding carboxylic acids is 4. The molecule has 1 aromatic rings. The van der Waals surface area contributed by atoms with E-state index in [0.717, 1.165) is 18.4 Å². The number of Topliss-reactive ketones (excluding diaryl/α,β-unsaturated/α-hetero) is 1. The molecule has 3 saturated carbocycles. The second kappa shape index (κ2) is 15.5. The molecule has 11 atom stereocenters. The van der Waals surface area contributed by atoms with E-state index in [9.17, 15) is 24.3 Å². The van der Waals surface area contributed by atoms with Crippen LogP contribution in [0.25, 0.3) is 0 Å². The van der Waals surface area contributed by atoms with Gasteiger partial charge in [0.2, 0.25) is 5.91 Å². The first-order valence-electron chi connectivity index (χ1n) is 19.2. The van der Waals surface area contributed by atoms with Gasteiger partial charge in [-0.05, 0) is 95.4 Å². The summed E-state index contributed by atoms with van der Waals surface area (Å²) in [6.07, 6.45) is 6.01. The quantitative estimate of drug-likeness (QED) is 0.151. The zero-order chi connectivity index (χ0) is 40.2. The number of rotatable bonds is 10. The van der Waals surface area contributed by atoms with E-state index in [1.807, 2.05) is 42.9 Å². The van der Waals surface area contributed by atoms with Crippen LogP contribution in [0.15, 0.2) is 48.1 Å². The highest BCUT2D eigenvalue weighted by Crippen LogP contribution is 2.71. The second-order valence-electron chi connectivity index (χ2n) is 17.6. The summed E-state index contributed by atoms with van der Waals surface area (Å²) in [7, 11) is 0. The summed E-state index contributed by atoms with van der Waals surface area (Å²) in [5.41, 5.74) is -0.741. The smallest absolute Gasteiger partial charge is 0.408 e. The van der Waals surface area contributed by atoms with Crippen molar-refractivity contribution in [3.8, 4) is 0 Å². The molecule has 12 nitrogen and oxygen atoms in total. The molecule has 1 aromatic carbocycles. The van der Waals surface area contributed by atoms with Crippen molar-refractivity contribution in [2.75, 3.05) is 11.9 Å². The molecule has 5 aliphatic rings. The zero-order valence-corrected chi connectivity index (χ0v) is 35.7. The zero-order valence-electron chi connectivity index (χ0n) is 32.8. The second-order valence-corrected chi connectivity index (χ2v) is 18.6. The minimum absolute atomic E-state index is 0.0159. The van der Waals surface area contributed by atoms with Crippen molar-refractivity contribution in [3.05, 3.63) is 53.6 Å². The van der Waals surface area contributed by atoms with E-state index in [1.54, 1.807) is 64.1 Å². The van der Waals surface area contributed by atoms with Crippen LogP contribution in [0.4, 0.5) is 10.5 Å². The Hall–Kier alpha value is -2.76. The summed E-state index contributed by atoms with van der Waals surface area (Å²) < 4.78 is 25.0. The first kappa shape index (κ1) is 41.9. The Bertz CT molecular complexity index is 1780. The summed E-state index contributed by atoms with van der Waals surface area (Å²) in [5.74, 6) is -0.422. The number of anilines is 1. The van der Waals surface area contributed by atoms with Gasteiger partial charge in [-0.2, -0.15) is 0 Å². The number of allylic oxidation sites excluding steroid dienone is 4. The molecule has 0 radical (unpaired) electrons. The third-order valence-electron chi connectivity index (χ3n) is 12.7. The Labute approximate surface area is 343 Å². The molecule has 6 rings (SSSR count). The SMILES string of the molecule is CC(C)[C@H](NC(=O)OC(C)(C)C)C(=S)N[C@@H](C)C(=O)Nc1ccc([C@@H]2O[C@@H]3CC4[C@@H]5CCC6=CC(=O)C=C[C@]6(C)C5[C@@H](OI)C[C@]4(C)[C@]3(C(=O)CO)O2)cc1. The van der Waals surface area contributed by atoms with Crippen molar-refractivity contribution in [3.63, 3.8) is 0 Å². The first-order valence-corrected chi connectivity index (χ1v) is 20.5. The number of hydrogen-bond donors (Lipinski definition) is 4. The van der Waals surface area contributed by atoms with E-state index < -0.39 is 59.6 Å². The van der Waals surface area contributed by atoms with Crippen LogP contribution in [0.1, 0.15) is 92.9 Å². The summed E-state index contributed by atoms with van der Waals surface area (Å²) >= 11 is 7.56. The van der Waals surface area contributed by atoms with Gasteiger partial charge in [0.1, 0.15) is 41.3 Å². The van der Waals surface area contributed by atoms with Gasteiger partial charge in [0.25, 0.3) is 0 Å². The average Bonchev–Trinajstić information content (AvgIpc) is 3.62. The minimum atomic E-state index is -1.39. The Morgan fingerprint density at radius 1 is 1.11 bits per heavy atom. The number of nitrogens with one attached hydrogen (secondary N) is 3. The molecule has 4 N–H and O–H groups in total. The number of thiocarbonyl (C=S) groups is 1. The van der Waals surface area contributed by atoms with Crippen LogP contribution in [0.2, 0.25) is 0 Å². The topological polar surface area (TPSA) is 162 Å². The van der Waals surface area contributed by atoms with Crippen LogP contribution < -0.4 is 16.0 Å². The van der Waals surface area contributed by atoms with E-state index in [0.29, 0.717) is 29.1 Å². The molecule has 0 bridgehead atoms. The lowest BCUT2D eigenvalue weighted by Gasteiger charge is -2.60. The molecule has 0 spiro atoms.